The van der Waals surface area contributed by atoms with E-state index in [2.05, 4.69) is 12.0 Å². The molecule has 0 bridgehead atoms. The molecule has 0 spiro atoms. The molecule has 1 aliphatic carbocycles. The van der Waals surface area contributed by atoms with E-state index in [1.165, 1.54) is 8.99 Å². The summed E-state index contributed by atoms with van der Waals surface area (Å²) in [6.07, 6.45) is 3.75. The van der Waals surface area contributed by atoms with Crippen LogP contribution in [0, 0.1) is 12.3 Å². The van der Waals surface area contributed by atoms with Crippen molar-refractivity contribution in [2.45, 2.75) is 32.4 Å². The van der Waals surface area contributed by atoms with Crippen LogP contribution in [0.5, 0.6) is 5.75 Å². The summed E-state index contributed by atoms with van der Waals surface area (Å²) in [5, 5.41) is 4.91. The van der Waals surface area contributed by atoms with Crippen molar-refractivity contribution >= 4 is 27.3 Å². The van der Waals surface area contributed by atoms with E-state index in [9.17, 15) is 13.2 Å². The Bertz CT molecular complexity index is 1440. The number of benzene rings is 2. The molecule has 0 amide bonds. The van der Waals surface area contributed by atoms with E-state index >= 15 is 0 Å². The molecule has 2 fully saturated rings. The van der Waals surface area contributed by atoms with E-state index in [4.69, 9.17) is 16.3 Å². The predicted molar refractivity (Wildman–Crippen MR) is 145 cm³/mol. The highest BCUT2D eigenvalue weighted by molar-refractivity contribution is 7.88. The number of aryl methyl sites for hydroxylation is 1. The van der Waals surface area contributed by atoms with Gasteiger partial charge in [0.05, 0.1) is 24.2 Å². The third-order valence-electron chi connectivity index (χ3n) is 7.08. The molecule has 8 nitrogen and oxygen atoms in total. The zero-order valence-electron chi connectivity index (χ0n) is 21.1. The average Bonchev–Trinajstić information content (AvgIpc) is 3.61. The van der Waals surface area contributed by atoms with Crippen LogP contribution in [0.2, 0.25) is 5.02 Å². The van der Waals surface area contributed by atoms with Crippen LogP contribution in [0.3, 0.4) is 0 Å². The smallest absolute Gasteiger partial charge is 0.316 e. The maximum absolute atomic E-state index is 13.5. The van der Waals surface area contributed by atoms with Crippen LogP contribution in [-0.2, 0) is 15.8 Å². The Balaban J connectivity index is 1.36. The lowest BCUT2D eigenvalue weighted by Gasteiger charge is -2.35. The third-order valence-corrected chi connectivity index (χ3v) is 9.16. The number of ether oxygens (including phenoxy) is 1. The van der Waals surface area contributed by atoms with Crippen molar-refractivity contribution in [1.29, 1.82) is 0 Å². The summed E-state index contributed by atoms with van der Waals surface area (Å²) in [6, 6.07) is 14.5. The Kier molecular flexibility index (Phi) is 7.04. The van der Waals surface area contributed by atoms with E-state index in [1.807, 2.05) is 36.1 Å². The number of rotatable bonds is 8. The average molecular weight is 543 g/mol. The Labute approximate surface area is 222 Å². The lowest BCUT2D eigenvalue weighted by molar-refractivity contribution is 0.242. The van der Waals surface area contributed by atoms with Gasteiger partial charge in [-0.2, -0.15) is 14.1 Å². The van der Waals surface area contributed by atoms with Crippen LogP contribution in [-0.4, -0.2) is 55.3 Å². The molecule has 196 valence electrons. The molecule has 1 saturated carbocycles. The van der Waals surface area contributed by atoms with Gasteiger partial charge >= 0.3 is 5.56 Å². The third kappa shape index (κ3) is 5.84. The second-order valence-corrected chi connectivity index (χ2v) is 12.7. The molecule has 2 aliphatic rings. The molecular formula is C27H31ClN4O4S. The van der Waals surface area contributed by atoms with Gasteiger partial charge in [-0.15, -0.1) is 0 Å². The van der Waals surface area contributed by atoms with Gasteiger partial charge in [-0.1, -0.05) is 54.4 Å². The summed E-state index contributed by atoms with van der Waals surface area (Å²) in [4.78, 5) is 15.5. The number of piperazine rings is 1. The van der Waals surface area contributed by atoms with Gasteiger partial charge in [0.1, 0.15) is 5.69 Å². The van der Waals surface area contributed by atoms with E-state index in [-0.39, 0.29) is 22.5 Å². The first-order chi connectivity index (χ1) is 17.6. The molecule has 2 heterocycles. The standard InChI is InChI=1S/C27H31ClN4O4S/c1-20-6-8-21(9-7-20)18-37(34,35)31-14-12-30(13-15-31)24-17-29-32(23-5-3-4-22(28)16-23)26(33)25(24)36-19-27(2)10-11-27/h3-9,16-17H,10-15,18-19H2,1-2H3. The highest BCUT2D eigenvalue weighted by atomic mass is 35.5. The number of hydrogen-bond acceptors (Lipinski definition) is 6. The molecule has 0 radical (unpaired) electrons. The number of nitrogens with zero attached hydrogens (tertiary/aromatic N) is 4. The molecular weight excluding hydrogens is 512 g/mol. The molecule has 1 saturated heterocycles. The monoisotopic (exact) mass is 542 g/mol. The molecule has 1 aliphatic heterocycles. The van der Waals surface area contributed by atoms with Gasteiger partial charge in [-0.25, -0.2) is 8.42 Å². The minimum absolute atomic E-state index is 0.0303. The van der Waals surface area contributed by atoms with Crippen LogP contribution >= 0.6 is 11.6 Å². The van der Waals surface area contributed by atoms with Gasteiger partial charge in [-0.05, 0) is 43.5 Å². The van der Waals surface area contributed by atoms with Gasteiger partial charge < -0.3 is 9.64 Å². The molecule has 37 heavy (non-hydrogen) atoms. The highest BCUT2D eigenvalue weighted by Gasteiger charge is 2.39. The van der Waals surface area contributed by atoms with Crippen molar-refractivity contribution in [2.75, 3.05) is 37.7 Å². The van der Waals surface area contributed by atoms with Crippen LogP contribution in [0.25, 0.3) is 5.69 Å². The second kappa shape index (κ2) is 10.1. The predicted octanol–water partition coefficient (Wildman–Crippen LogP) is 4.03. The molecule has 0 N–H and O–H groups in total. The second-order valence-electron chi connectivity index (χ2n) is 10.3. The minimum atomic E-state index is -3.46. The molecule has 3 aromatic rings. The van der Waals surface area contributed by atoms with E-state index in [0.717, 1.165) is 24.0 Å². The summed E-state index contributed by atoms with van der Waals surface area (Å²) < 4.78 is 35.1. The molecule has 1 aromatic heterocycles. The first-order valence-electron chi connectivity index (χ1n) is 12.4. The lowest BCUT2D eigenvalue weighted by Crippen LogP contribution is -2.49. The number of anilines is 1. The van der Waals surface area contributed by atoms with Gasteiger partial charge in [0.25, 0.3) is 0 Å². The Morgan fingerprint density at radius 1 is 1.05 bits per heavy atom. The summed E-state index contributed by atoms with van der Waals surface area (Å²) in [5.74, 6) is 0.205. The first kappa shape index (κ1) is 25.8. The number of hydrogen-bond donors (Lipinski definition) is 0. The number of aromatic nitrogens is 2. The van der Waals surface area contributed by atoms with Crippen molar-refractivity contribution in [3.8, 4) is 11.4 Å². The summed E-state index contributed by atoms with van der Waals surface area (Å²) in [7, 11) is -3.46. The van der Waals surface area contributed by atoms with Crippen LogP contribution in [0.1, 0.15) is 30.9 Å². The van der Waals surface area contributed by atoms with Gasteiger partial charge in [-0.3, -0.25) is 4.79 Å². The van der Waals surface area contributed by atoms with E-state index < -0.39 is 10.0 Å². The maximum atomic E-state index is 13.5. The Morgan fingerprint density at radius 2 is 1.76 bits per heavy atom. The topological polar surface area (TPSA) is 84.7 Å². The molecule has 10 heteroatoms. The normalized spacial score (nSPS) is 17.5. The van der Waals surface area contributed by atoms with Crippen molar-refractivity contribution in [1.82, 2.24) is 14.1 Å². The SMILES string of the molecule is Cc1ccc(CS(=O)(=O)N2CCN(c3cnn(-c4cccc(Cl)c4)c(=O)c3OCC3(C)CC3)CC2)cc1. The Morgan fingerprint density at radius 3 is 2.41 bits per heavy atom. The minimum Gasteiger partial charge on any atom is -0.486 e. The molecule has 0 unspecified atom stereocenters. The molecule has 0 atom stereocenters. The molecule has 5 rings (SSSR count). The van der Waals surface area contributed by atoms with Gasteiger partial charge in [0.15, 0.2) is 0 Å². The van der Waals surface area contributed by atoms with Gasteiger partial charge in [0, 0.05) is 36.6 Å². The zero-order valence-corrected chi connectivity index (χ0v) is 22.6. The fourth-order valence-corrected chi connectivity index (χ4v) is 6.08. The van der Waals surface area contributed by atoms with Gasteiger partial charge in [0.2, 0.25) is 15.8 Å². The largest absolute Gasteiger partial charge is 0.486 e. The summed E-state index contributed by atoms with van der Waals surface area (Å²) >= 11 is 6.14. The summed E-state index contributed by atoms with van der Waals surface area (Å²) in [6.45, 7) is 6.07. The van der Waals surface area contributed by atoms with E-state index in [1.54, 1.807) is 30.5 Å². The van der Waals surface area contributed by atoms with Crippen molar-refractivity contribution < 1.29 is 13.2 Å². The van der Waals surface area contributed by atoms with Crippen LogP contribution in [0.4, 0.5) is 5.69 Å². The van der Waals surface area contributed by atoms with Crippen molar-refractivity contribution in [3.05, 3.63) is 81.2 Å². The fourth-order valence-electron chi connectivity index (χ4n) is 4.38. The van der Waals surface area contributed by atoms with Crippen molar-refractivity contribution in [3.63, 3.8) is 0 Å². The van der Waals surface area contributed by atoms with Crippen molar-refractivity contribution in [2.24, 2.45) is 5.41 Å². The highest BCUT2D eigenvalue weighted by Crippen LogP contribution is 2.45. The Hall–Kier alpha value is -2.88. The van der Waals surface area contributed by atoms with Crippen LogP contribution in [0.15, 0.2) is 59.5 Å². The first-order valence-corrected chi connectivity index (χ1v) is 14.4. The number of sulfonamides is 1. The molecule has 2 aromatic carbocycles. The quantitative estimate of drug-likeness (QED) is 0.427. The number of halogens is 1. The summed E-state index contributed by atoms with van der Waals surface area (Å²) in [5.41, 5.74) is 2.72. The zero-order chi connectivity index (χ0) is 26.2. The fraction of sp³-hybridized carbons (Fsp3) is 0.407. The van der Waals surface area contributed by atoms with Crippen LogP contribution < -0.4 is 15.2 Å². The maximum Gasteiger partial charge on any atom is 0.316 e. The van der Waals surface area contributed by atoms with E-state index in [0.29, 0.717) is 49.2 Å². The lowest BCUT2D eigenvalue weighted by atomic mass is 10.2.